The van der Waals surface area contributed by atoms with E-state index in [1.54, 1.807) is 14.2 Å². The average molecular weight is 384 g/mol. The van der Waals surface area contributed by atoms with Gasteiger partial charge in [0.05, 0.1) is 20.3 Å². The molecule has 6 nitrogen and oxygen atoms in total. The highest BCUT2D eigenvalue weighted by Gasteiger charge is 2.37. The summed E-state index contributed by atoms with van der Waals surface area (Å²) in [6.07, 6.45) is 1.53. The van der Waals surface area contributed by atoms with Gasteiger partial charge in [-0.15, -0.1) is 0 Å². The zero-order valence-electron chi connectivity index (χ0n) is 16.9. The van der Waals surface area contributed by atoms with E-state index in [2.05, 4.69) is 29.2 Å². The number of carboxylic acid groups (broad SMARTS) is 1. The van der Waals surface area contributed by atoms with Gasteiger partial charge in [0.2, 0.25) is 0 Å². The number of anilines is 1. The van der Waals surface area contributed by atoms with Crippen LogP contribution in [0.5, 0.6) is 11.5 Å². The molecule has 0 spiro atoms. The molecule has 0 bridgehead atoms. The van der Waals surface area contributed by atoms with Gasteiger partial charge < -0.3 is 19.5 Å². The highest BCUT2D eigenvalue weighted by molar-refractivity contribution is 5.74. The predicted molar refractivity (Wildman–Crippen MR) is 110 cm³/mol. The number of carboxylic acids is 1. The fourth-order valence-electron chi connectivity index (χ4n) is 3.92. The molecule has 0 aromatic heterocycles. The minimum atomic E-state index is -0.770. The third-order valence-electron chi connectivity index (χ3n) is 5.36. The molecule has 1 saturated heterocycles. The highest BCUT2D eigenvalue weighted by atomic mass is 16.5. The maximum Gasteiger partial charge on any atom is 0.320 e. The van der Waals surface area contributed by atoms with Crippen molar-refractivity contribution in [3.63, 3.8) is 0 Å². The van der Waals surface area contributed by atoms with E-state index in [1.165, 1.54) is 0 Å². The van der Waals surface area contributed by atoms with Crippen LogP contribution in [0.1, 0.15) is 30.0 Å². The molecule has 2 aromatic carbocycles. The number of ether oxygens (including phenoxy) is 2. The van der Waals surface area contributed by atoms with Crippen LogP contribution in [0.25, 0.3) is 0 Å². The molecular formula is C22H28N2O4. The SMILES string of the molecule is COc1ccc(C(c2ccc(N(C)C)cc2)N2CCCC2C(=O)O)cc1OC. The molecular weight excluding hydrogens is 356 g/mol. The Kier molecular flexibility index (Phi) is 6.09. The molecule has 150 valence electrons. The third-order valence-corrected chi connectivity index (χ3v) is 5.36. The monoisotopic (exact) mass is 384 g/mol. The second-order valence-electron chi connectivity index (χ2n) is 7.24. The Bertz CT molecular complexity index is 820. The number of nitrogens with zero attached hydrogens (tertiary/aromatic N) is 2. The summed E-state index contributed by atoms with van der Waals surface area (Å²) in [7, 11) is 7.22. The average Bonchev–Trinajstić information content (AvgIpc) is 3.18. The van der Waals surface area contributed by atoms with E-state index in [4.69, 9.17) is 9.47 Å². The largest absolute Gasteiger partial charge is 0.493 e. The summed E-state index contributed by atoms with van der Waals surface area (Å²) >= 11 is 0. The molecule has 6 heteroatoms. The molecule has 0 aliphatic carbocycles. The van der Waals surface area contributed by atoms with Crippen LogP contribution < -0.4 is 14.4 Å². The second-order valence-corrected chi connectivity index (χ2v) is 7.24. The number of carbonyl (C=O) groups is 1. The molecule has 1 fully saturated rings. The molecule has 1 aliphatic heterocycles. The van der Waals surface area contributed by atoms with E-state index in [-0.39, 0.29) is 6.04 Å². The molecule has 2 unspecified atom stereocenters. The maximum atomic E-state index is 11.9. The van der Waals surface area contributed by atoms with Crippen LogP contribution in [-0.4, -0.2) is 56.9 Å². The van der Waals surface area contributed by atoms with Gasteiger partial charge >= 0.3 is 5.97 Å². The first-order valence-electron chi connectivity index (χ1n) is 9.44. The van der Waals surface area contributed by atoms with Crippen molar-refractivity contribution in [2.24, 2.45) is 0 Å². The quantitative estimate of drug-likeness (QED) is 0.789. The summed E-state index contributed by atoms with van der Waals surface area (Å²) in [4.78, 5) is 16.0. The minimum Gasteiger partial charge on any atom is -0.493 e. The highest BCUT2D eigenvalue weighted by Crippen LogP contribution is 2.39. The third kappa shape index (κ3) is 3.92. The topological polar surface area (TPSA) is 62.2 Å². The van der Waals surface area contributed by atoms with Crippen molar-refractivity contribution in [2.45, 2.75) is 24.9 Å². The first-order chi connectivity index (χ1) is 13.5. The van der Waals surface area contributed by atoms with Gasteiger partial charge in [-0.3, -0.25) is 9.69 Å². The molecule has 28 heavy (non-hydrogen) atoms. The number of benzene rings is 2. The zero-order valence-corrected chi connectivity index (χ0v) is 16.9. The smallest absolute Gasteiger partial charge is 0.320 e. The fourth-order valence-corrected chi connectivity index (χ4v) is 3.92. The summed E-state index contributed by atoms with van der Waals surface area (Å²) in [5.74, 6) is 0.526. The number of hydrogen-bond acceptors (Lipinski definition) is 5. The normalized spacial score (nSPS) is 17.9. The summed E-state index contributed by atoms with van der Waals surface area (Å²) in [5, 5.41) is 9.73. The van der Waals surface area contributed by atoms with Crippen LogP contribution in [0.2, 0.25) is 0 Å². The Balaban J connectivity index is 2.08. The van der Waals surface area contributed by atoms with E-state index >= 15 is 0 Å². The van der Waals surface area contributed by atoms with Gasteiger partial charge in [0.1, 0.15) is 6.04 Å². The van der Waals surface area contributed by atoms with Crippen molar-refractivity contribution in [2.75, 3.05) is 39.8 Å². The molecule has 0 amide bonds. The Hall–Kier alpha value is -2.73. The Morgan fingerprint density at radius 2 is 1.71 bits per heavy atom. The predicted octanol–water partition coefficient (Wildman–Crippen LogP) is 3.41. The van der Waals surface area contributed by atoms with E-state index in [1.807, 2.05) is 37.2 Å². The summed E-state index contributed by atoms with van der Waals surface area (Å²) in [6, 6.07) is 13.4. The van der Waals surface area contributed by atoms with Crippen molar-refractivity contribution >= 4 is 11.7 Å². The van der Waals surface area contributed by atoms with Crippen LogP contribution in [0.15, 0.2) is 42.5 Å². The lowest BCUT2D eigenvalue weighted by molar-refractivity contribution is -0.142. The standard InChI is InChI=1S/C22H28N2O4/c1-23(2)17-10-7-15(8-11-17)21(24-13-5-6-18(24)22(25)26)16-9-12-19(27-3)20(14-16)28-4/h7-12,14,18,21H,5-6,13H2,1-4H3,(H,25,26). The zero-order chi connectivity index (χ0) is 20.3. The number of rotatable bonds is 7. The fraction of sp³-hybridized carbons (Fsp3) is 0.409. The van der Waals surface area contributed by atoms with Gasteiger partial charge in [-0.05, 0) is 48.2 Å². The van der Waals surface area contributed by atoms with E-state index in [9.17, 15) is 9.90 Å². The summed E-state index contributed by atoms with van der Waals surface area (Å²) in [5.41, 5.74) is 3.15. The lowest BCUT2D eigenvalue weighted by Crippen LogP contribution is -2.39. The second kappa shape index (κ2) is 8.52. The summed E-state index contributed by atoms with van der Waals surface area (Å²) in [6.45, 7) is 0.741. The van der Waals surface area contributed by atoms with Crippen LogP contribution in [0, 0.1) is 0 Å². The van der Waals surface area contributed by atoms with Crippen molar-refractivity contribution in [3.8, 4) is 11.5 Å². The van der Waals surface area contributed by atoms with Gasteiger partial charge in [0, 0.05) is 26.3 Å². The molecule has 0 saturated carbocycles. The van der Waals surface area contributed by atoms with Crippen LogP contribution >= 0.6 is 0 Å². The van der Waals surface area contributed by atoms with Gasteiger partial charge in [-0.2, -0.15) is 0 Å². The van der Waals surface area contributed by atoms with Crippen molar-refractivity contribution < 1.29 is 19.4 Å². The van der Waals surface area contributed by atoms with Crippen LogP contribution in [0.3, 0.4) is 0 Å². The Morgan fingerprint density at radius 3 is 2.29 bits per heavy atom. The van der Waals surface area contributed by atoms with Crippen LogP contribution in [-0.2, 0) is 4.79 Å². The Labute approximate surface area is 166 Å². The number of likely N-dealkylation sites (tertiary alicyclic amines) is 1. The molecule has 0 radical (unpaired) electrons. The van der Waals surface area contributed by atoms with E-state index in [0.29, 0.717) is 17.9 Å². The molecule has 2 atom stereocenters. The number of hydrogen-bond donors (Lipinski definition) is 1. The van der Waals surface area contributed by atoms with Crippen molar-refractivity contribution in [1.82, 2.24) is 4.90 Å². The van der Waals surface area contributed by atoms with Gasteiger partial charge in [-0.25, -0.2) is 0 Å². The molecule has 3 rings (SSSR count). The molecule has 1 aliphatic rings. The van der Waals surface area contributed by atoms with E-state index in [0.717, 1.165) is 29.8 Å². The van der Waals surface area contributed by atoms with E-state index < -0.39 is 12.0 Å². The van der Waals surface area contributed by atoms with Crippen molar-refractivity contribution in [1.29, 1.82) is 0 Å². The van der Waals surface area contributed by atoms with Crippen molar-refractivity contribution in [3.05, 3.63) is 53.6 Å². The minimum absolute atomic E-state index is 0.167. The first-order valence-corrected chi connectivity index (χ1v) is 9.44. The van der Waals surface area contributed by atoms with Crippen LogP contribution in [0.4, 0.5) is 5.69 Å². The first kappa shape index (κ1) is 20.0. The lowest BCUT2D eigenvalue weighted by atomic mass is 9.95. The Morgan fingerprint density at radius 1 is 1.07 bits per heavy atom. The van der Waals surface area contributed by atoms with Gasteiger partial charge in [0.25, 0.3) is 0 Å². The number of aliphatic carboxylic acids is 1. The van der Waals surface area contributed by atoms with Gasteiger partial charge in [-0.1, -0.05) is 18.2 Å². The molecule has 1 N–H and O–H groups in total. The summed E-state index contributed by atoms with van der Waals surface area (Å²) < 4.78 is 10.8. The van der Waals surface area contributed by atoms with Gasteiger partial charge in [0.15, 0.2) is 11.5 Å². The molecule has 1 heterocycles. The maximum absolute atomic E-state index is 11.9. The number of methoxy groups -OCH3 is 2. The lowest BCUT2D eigenvalue weighted by Gasteiger charge is -2.32. The molecule has 2 aromatic rings.